The van der Waals surface area contributed by atoms with Gasteiger partial charge in [0, 0.05) is 6.54 Å². The van der Waals surface area contributed by atoms with Gasteiger partial charge in [-0.15, -0.1) is 0 Å². The zero-order valence-electron chi connectivity index (χ0n) is 8.06. The lowest BCUT2D eigenvalue weighted by atomic mass is 10.0. The quantitative estimate of drug-likeness (QED) is 0.678. The average Bonchev–Trinajstić information content (AvgIpc) is 2.82. The van der Waals surface area contributed by atoms with Crippen molar-refractivity contribution in [3.63, 3.8) is 0 Å². The van der Waals surface area contributed by atoms with Crippen molar-refractivity contribution in [2.75, 3.05) is 6.54 Å². The van der Waals surface area contributed by atoms with Crippen LogP contribution in [0.5, 0.6) is 0 Å². The van der Waals surface area contributed by atoms with E-state index >= 15 is 0 Å². The predicted octanol–water partition coefficient (Wildman–Crippen LogP) is 2.07. The van der Waals surface area contributed by atoms with Crippen LogP contribution in [0, 0.1) is 16.7 Å². The summed E-state index contributed by atoms with van der Waals surface area (Å²) in [7, 11) is 0. The molecule has 2 nitrogen and oxygen atoms in total. The second-order valence-corrected chi connectivity index (χ2v) is 3.98. The molecule has 0 aromatic carbocycles. The molecule has 0 aliphatic heterocycles. The molecule has 1 saturated carbocycles. The highest BCUT2D eigenvalue weighted by Crippen LogP contribution is 2.48. The van der Waals surface area contributed by atoms with Gasteiger partial charge in [0.05, 0.1) is 12.1 Å². The summed E-state index contributed by atoms with van der Waals surface area (Å²) in [4.78, 5) is 0. The van der Waals surface area contributed by atoms with E-state index in [-0.39, 0.29) is 6.04 Å². The summed E-state index contributed by atoms with van der Waals surface area (Å²) in [6.45, 7) is 5.19. The molecule has 2 heteroatoms. The van der Waals surface area contributed by atoms with Crippen LogP contribution >= 0.6 is 0 Å². The van der Waals surface area contributed by atoms with Crippen LogP contribution in [-0.2, 0) is 0 Å². The molecule has 1 atom stereocenters. The van der Waals surface area contributed by atoms with E-state index in [4.69, 9.17) is 5.26 Å². The molecule has 0 heterocycles. The normalized spacial score (nSPS) is 21.4. The smallest absolute Gasteiger partial charge is 0.0924 e. The Bertz CT molecular complexity index is 177. The van der Waals surface area contributed by atoms with Gasteiger partial charge in [0.1, 0.15) is 0 Å². The molecule has 1 aliphatic carbocycles. The largest absolute Gasteiger partial charge is 0.302 e. The second kappa shape index (κ2) is 3.91. The maximum absolute atomic E-state index is 8.57. The number of nitrogens with one attached hydrogen (secondary N) is 1. The summed E-state index contributed by atoms with van der Waals surface area (Å²) in [6, 6.07) is 2.21. The molecule has 1 aliphatic rings. The first-order valence-corrected chi connectivity index (χ1v) is 4.85. The van der Waals surface area contributed by atoms with Crippen molar-refractivity contribution in [1.29, 1.82) is 5.26 Å². The standard InChI is InChI=1S/C10H18N2/c1-3-4-10(5-6-10)8-12-9(2)7-11/h9,12H,3-6,8H2,1-2H3. The van der Waals surface area contributed by atoms with Crippen LogP contribution in [0.1, 0.15) is 39.5 Å². The predicted molar refractivity (Wildman–Crippen MR) is 49.7 cm³/mol. The topological polar surface area (TPSA) is 35.8 Å². The summed E-state index contributed by atoms with van der Waals surface area (Å²) in [5.74, 6) is 0. The number of nitriles is 1. The zero-order valence-corrected chi connectivity index (χ0v) is 8.06. The molecule has 0 amide bonds. The van der Waals surface area contributed by atoms with E-state index < -0.39 is 0 Å². The van der Waals surface area contributed by atoms with E-state index in [1.807, 2.05) is 6.92 Å². The number of rotatable bonds is 5. The van der Waals surface area contributed by atoms with E-state index in [9.17, 15) is 0 Å². The molecular weight excluding hydrogens is 148 g/mol. The van der Waals surface area contributed by atoms with Gasteiger partial charge in [-0.2, -0.15) is 5.26 Å². The van der Waals surface area contributed by atoms with Gasteiger partial charge in [-0.1, -0.05) is 13.3 Å². The van der Waals surface area contributed by atoms with Gasteiger partial charge < -0.3 is 5.32 Å². The summed E-state index contributed by atoms with van der Waals surface area (Å²) in [6.07, 6.45) is 5.29. The minimum atomic E-state index is 0.0133. The van der Waals surface area contributed by atoms with E-state index in [1.54, 1.807) is 0 Å². The van der Waals surface area contributed by atoms with Crippen molar-refractivity contribution in [3.8, 4) is 6.07 Å². The van der Waals surface area contributed by atoms with Crippen LogP contribution in [-0.4, -0.2) is 12.6 Å². The molecule has 1 N–H and O–H groups in total. The molecule has 1 fully saturated rings. The molecular formula is C10H18N2. The van der Waals surface area contributed by atoms with Crippen molar-refractivity contribution in [2.45, 2.75) is 45.6 Å². The van der Waals surface area contributed by atoms with Gasteiger partial charge in [0.2, 0.25) is 0 Å². The van der Waals surface area contributed by atoms with Crippen LogP contribution in [0.3, 0.4) is 0 Å². The van der Waals surface area contributed by atoms with Crippen molar-refractivity contribution in [1.82, 2.24) is 5.32 Å². The first-order valence-electron chi connectivity index (χ1n) is 4.85. The minimum Gasteiger partial charge on any atom is -0.302 e. The SMILES string of the molecule is CCCC1(CNC(C)C#N)CC1. The van der Waals surface area contributed by atoms with Crippen molar-refractivity contribution < 1.29 is 0 Å². The average molecular weight is 166 g/mol. The van der Waals surface area contributed by atoms with Crippen LogP contribution in [0.4, 0.5) is 0 Å². The Hall–Kier alpha value is -0.550. The molecule has 68 valence electrons. The Kier molecular flexibility index (Phi) is 3.11. The van der Waals surface area contributed by atoms with Gasteiger partial charge in [-0.3, -0.25) is 0 Å². The summed E-state index contributed by atoms with van der Waals surface area (Å²) in [5.41, 5.74) is 0.569. The van der Waals surface area contributed by atoms with Crippen molar-refractivity contribution >= 4 is 0 Å². The maximum Gasteiger partial charge on any atom is 0.0924 e. The summed E-state index contributed by atoms with van der Waals surface area (Å²) < 4.78 is 0. The van der Waals surface area contributed by atoms with Crippen LogP contribution in [0.25, 0.3) is 0 Å². The fourth-order valence-corrected chi connectivity index (χ4v) is 1.64. The Morgan fingerprint density at radius 1 is 1.58 bits per heavy atom. The Labute approximate surface area is 75.0 Å². The highest BCUT2D eigenvalue weighted by atomic mass is 14.9. The molecule has 0 aromatic rings. The van der Waals surface area contributed by atoms with Gasteiger partial charge in [-0.25, -0.2) is 0 Å². The molecule has 12 heavy (non-hydrogen) atoms. The van der Waals surface area contributed by atoms with E-state index in [2.05, 4.69) is 18.3 Å². The lowest BCUT2D eigenvalue weighted by Gasteiger charge is -2.15. The Morgan fingerprint density at radius 2 is 2.25 bits per heavy atom. The maximum atomic E-state index is 8.57. The molecule has 0 spiro atoms. The molecule has 0 bridgehead atoms. The van der Waals surface area contributed by atoms with Gasteiger partial charge in [-0.05, 0) is 31.6 Å². The van der Waals surface area contributed by atoms with Gasteiger partial charge in [0.15, 0.2) is 0 Å². The third-order valence-electron chi connectivity index (χ3n) is 2.71. The number of hydrogen-bond donors (Lipinski definition) is 1. The van der Waals surface area contributed by atoms with Gasteiger partial charge >= 0.3 is 0 Å². The molecule has 0 aromatic heterocycles. The summed E-state index contributed by atoms with van der Waals surface area (Å²) >= 11 is 0. The van der Waals surface area contributed by atoms with Crippen molar-refractivity contribution in [2.24, 2.45) is 5.41 Å². The van der Waals surface area contributed by atoms with Crippen LogP contribution in [0.2, 0.25) is 0 Å². The highest BCUT2D eigenvalue weighted by molar-refractivity contribution is 4.97. The first kappa shape index (κ1) is 9.54. The first-order chi connectivity index (χ1) is 5.72. The van der Waals surface area contributed by atoms with Crippen LogP contribution in [0.15, 0.2) is 0 Å². The third kappa shape index (κ3) is 2.49. The fraction of sp³-hybridized carbons (Fsp3) is 0.900. The summed E-state index contributed by atoms with van der Waals surface area (Å²) in [5, 5.41) is 11.8. The van der Waals surface area contributed by atoms with Crippen molar-refractivity contribution in [3.05, 3.63) is 0 Å². The molecule has 0 radical (unpaired) electrons. The Morgan fingerprint density at radius 3 is 2.67 bits per heavy atom. The monoisotopic (exact) mass is 166 g/mol. The molecule has 1 unspecified atom stereocenters. The lowest BCUT2D eigenvalue weighted by molar-refractivity contribution is 0.413. The van der Waals surface area contributed by atoms with E-state index in [0.717, 1.165) is 6.54 Å². The number of hydrogen-bond acceptors (Lipinski definition) is 2. The Balaban J connectivity index is 2.19. The molecule has 1 rings (SSSR count). The zero-order chi connectivity index (χ0) is 9.03. The minimum absolute atomic E-state index is 0.0133. The van der Waals surface area contributed by atoms with Gasteiger partial charge in [0.25, 0.3) is 0 Å². The molecule has 0 saturated heterocycles. The fourth-order valence-electron chi connectivity index (χ4n) is 1.64. The highest BCUT2D eigenvalue weighted by Gasteiger charge is 2.40. The number of nitrogens with zero attached hydrogens (tertiary/aromatic N) is 1. The van der Waals surface area contributed by atoms with Crippen LogP contribution < -0.4 is 5.32 Å². The van der Waals surface area contributed by atoms with E-state index in [1.165, 1.54) is 25.7 Å². The van der Waals surface area contributed by atoms with E-state index in [0.29, 0.717) is 5.41 Å². The lowest BCUT2D eigenvalue weighted by Crippen LogP contribution is -2.30. The third-order valence-corrected chi connectivity index (χ3v) is 2.71. The second-order valence-electron chi connectivity index (χ2n) is 3.98.